The predicted octanol–water partition coefficient (Wildman–Crippen LogP) is 1.81. The third kappa shape index (κ3) is 3.77. The van der Waals surface area contributed by atoms with Gasteiger partial charge >= 0.3 is 0 Å². The van der Waals surface area contributed by atoms with Crippen molar-refractivity contribution in [3.63, 3.8) is 0 Å². The second-order valence-electron chi connectivity index (χ2n) is 7.90. The first-order valence-electron chi connectivity index (χ1n) is 9.98. The molecule has 150 valence electrons. The highest BCUT2D eigenvalue weighted by Crippen LogP contribution is 2.22. The molecule has 1 N–H and O–H groups in total. The fourth-order valence-electron chi connectivity index (χ4n) is 4.06. The zero-order valence-electron chi connectivity index (χ0n) is 16.6. The third-order valence-electron chi connectivity index (χ3n) is 5.81. The fraction of sp³-hybridized carbons (Fsp3) is 0.524. The third-order valence-corrected chi connectivity index (χ3v) is 5.81. The molecule has 2 fully saturated rings. The van der Waals surface area contributed by atoms with E-state index in [4.69, 9.17) is 4.74 Å². The molecule has 3 heterocycles. The van der Waals surface area contributed by atoms with Gasteiger partial charge in [-0.05, 0) is 51.2 Å². The van der Waals surface area contributed by atoms with E-state index in [-0.39, 0.29) is 11.8 Å². The highest BCUT2D eigenvalue weighted by atomic mass is 16.5. The number of aromatic amines is 1. The number of amides is 2. The summed E-state index contributed by atoms with van der Waals surface area (Å²) in [6, 6.07) is 7.90. The molecule has 7 heteroatoms. The van der Waals surface area contributed by atoms with Gasteiger partial charge in [-0.3, -0.25) is 9.59 Å². The molecule has 1 aromatic heterocycles. The molecule has 0 aliphatic carbocycles. The molecular formula is C21H28N4O3. The van der Waals surface area contributed by atoms with Crippen LogP contribution in [0.4, 0.5) is 0 Å². The number of likely N-dealkylation sites (N-methyl/N-ethyl adjacent to an activating group) is 1. The molecule has 4 rings (SSSR count). The number of hydrogen-bond donors (Lipinski definition) is 1. The fourth-order valence-corrected chi connectivity index (χ4v) is 4.06. The van der Waals surface area contributed by atoms with Gasteiger partial charge in [0.1, 0.15) is 5.69 Å². The largest absolute Gasteiger partial charge is 0.378 e. The maximum atomic E-state index is 13.0. The lowest BCUT2D eigenvalue weighted by Crippen LogP contribution is -2.47. The summed E-state index contributed by atoms with van der Waals surface area (Å²) in [5.74, 6) is 0.0490. The van der Waals surface area contributed by atoms with E-state index in [0.29, 0.717) is 43.6 Å². The standard InChI is InChI=1S/C21H28N4O3/c1-23(2)17-4-3-7-25(14-17)20(26)15-5-6-18-16(12-15)13-19(22-18)21(27)24-8-10-28-11-9-24/h5-6,12-13,17,22H,3-4,7-11,14H2,1-2H3. The zero-order valence-corrected chi connectivity index (χ0v) is 16.6. The minimum Gasteiger partial charge on any atom is -0.378 e. The summed E-state index contributed by atoms with van der Waals surface area (Å²) in [6.07, 6.45) is 2.15. The number of H-pyrrole nitrogens is 1. The zero-order chi connectivity index (χ0) is 19.7. The summed E-state index contributed by atoms with van der Waals surface area (Å²) in [5, 5.41) is 0.892. The average Bonchev–Trinajstić information content (AvgIpc) is 3.16. The topological polar surface area (TPSA) is 68.9 Å². The van der Waals surface area contributed by atoms with Gasteiger partial charge in [0.2, 0.25) is 0 Å². The number of aromatic nitrogens is 1. The monoisotopic (exact) mass is 384 g/mol. The summed E-state index contributed by atoms with van der Waals surface area (Å²) in [5.41, 5.74) is 2.11. The van der Waals surface area contributed by atoms with E-state index < -0.39 is 0 Å². The van der Waals surface area contributed by atoms with Crippen LogP contribution >= 0.6 is 0 Å². The number of likely N-dealkylation sites (tertiary alicyclic amines) is 1. The highest BCUT2D eigenvalue weighted by molar-refractivity contribution is 6.01. The first-order chi connectivity index (χ1) is 13.5. The van der Waals surface area contributed by atoms with E-state index >= 15 is 0 Å². The predicted molar refractivity (Wildman–Crippen MR) is 108 cm³/mol. The molecule has 2 amide bonds. The Morgan fingerprint density at radius 2 is 1.86 bits per heavy atom. The number of fused-ring (bicyclic) bond motifs is 1. The Bertz CT molecular complexity index is 870. The number of benzene rings is 1. The number of nitrogens with one attached hydrogen (secondary N) is 1. The Morgan fingerprint density at radius 3 is 2.61 bits per heavy atom. The van der Waals surface area contributed by atoms with Crippen LogP contribution in [0.2, 0.25) is 0 Å². The van der Waals surface area contributed by atoms with Gasteiger partial charge in [-0.25, -0.2) is 0 Å². The minimum atomic E-state index is -0.0165. The van der Waals surface area contributed by atoms with Gasteiger partial charge < -0.3 is 24.4 Å². The molecule has 0 radical (unpaired) electrons. The Labute approximate surface area is 165 Å². The smallest absolute Gasteiger partial charge is 0.270 e. The van der Waals surface area contributed by atoms with Crippen LogP contribution in [0.1, 0.15) is 33.7 Å². The molecule has 2 aliphatic rings. The lowest BCUT2D eigenvalue weighted by Gasteiger charge is -2.36. The van der Waals surface area contributed by atoms with Crippen LogP contribution in [0.25, 0.3) is 10.9 Å². The van der Waals surface area contributed by atoms with Crippen molar-refractivity contribution in [2.24, 2.45) is 0 Å². The minimum absolute atomic E-state index is 0.0165. The van der Waals surface area contributed by atoms with Gasteiger partial charge in [0.05, 0.1) is 13.2 Å². The van der Waals surface area contributed by atoms with Gasteiger partial charge in [0.15, 0.2) is 0 Å². The number of rotatable bonds is 3. The molecule has 0 spiro atoms. The second-order valence-corrected chi connectivity index (χ2v) is 7.90. The first-order valence-corrected chi connectivity index (χ1v) is 9.98. The Hall–Kier alpha value is -2.38. The van der Waals surface area contributed by atoms with Crippen molar-refractivity contribution in [1.29, 1.82) is 0 Å². The van der Waals surface area contributed by atoms with Crippen LogP contribution in [-0.2, 0) is 4.74 Å². The number of carbonyl (C=O) groups is 2. The van der Waals surface area contributed by atoms with Gasteiger partial charge in [-0.1, -0.05) is 0 Å². The van der Waals surface area contributed by atoms with Crippen LogP contribution in [0.15, 0.2) is 24.3 Å². The van der Waals surface area contributed by atoms with Gasteiger partial charge in [-0.2, -0.15) is 0 Å². The maximum Gasteiger partial charge on any atom is 0.270 e. The van der Waals surface area contributed by atoms with Crippen molar-refractivity contribution < 1.29 is 14.3 Å². The van der Waals surface area contributed by atoms with E-state index in [2.05, 4.69) is 24.0 Å². The van der Waals surface area contributed by atoms with Crippen molar-refractivity contribution in [3.8, 4) is 0 Å². The first kappa shape index (κ1) is 19.0. The van der Waals surface area contributed by atoms with E-state index in [1.54, 1.807) is 4.90 Å². The van der Waals surface area contributed by atoms with E-state index in [1.165, 1.54) is 0 Å². The van der Waals surface area contributed by atoms with Crippen molar-refractivity contribution >= 4 is 22.7 Å². The second kappa shape index (κ2) is 7.93. The van der Waals surface area contributed by atoms with Crippen LogP contribution < -0.4 is 0 Å². The lowest BCUT2D eigenvalue weighted by atomic mass is 10.0. The highest BCUT2D eigenvalue weighted by Gasteiger charge is 2.26. The molecule has 28 heavy (non-hydrogen) atoms. The lowest BCUT2D eigenvalue weighted by molar-refractivity contribution is 0.0299. The van der Waals surface area contributed by atoms with E-state index in [9.17, 15) is 9.59 Å². The van der Waals surface area contributed by atoms with Crippen LogP contribution in [0.3, 0.4) is 0 Å². The maximum absolute atomic E-state index is 13.0. The number of carbonyl (C=O) groups excluding carboxylic acids is 2. The van der Waals surface area contributed by atoms with Crippen LogP contribution in [0, 0.1) is 0 Å². The summed E-state index contributed by atoms with van der Waals surface area (Å²) in [7, 11) is 4.13. The summed E-state index contributed by atoms with van der Waals surface area (Å²) in [6.45, 7) is 3.94. The van der Waals surface area contributed by atoms with Gasteiger partial charge in [-0.15, -0.1) is 0 Å². The van der Waals surface area contributed by atoms with E-state index in [0.717, 1.165) is 36.8 Å². The molecule has 1 unspecified atom stereocenters. The number of piperidine rings is 1. The van der Waals surface area contributed by atoms with Crippen LogP contribution in [-0.4, -0.2) is 91.0 Å². The van der Waals surface area contributed by atoms with Crippen molar-refractivity contribution in [2.45, 2.75) is 18.9 Å². The molecule has 2 aliphatic heterocycles. The van der Waals surface area contributed by atoms with Crippen LogP contribution in [0.5, 0.6) is 0 Å². The molecule has 0 saturated carbocycles. The normalized spacial score (nSPS) is 20.8. The van der Waals surface area contributed by atoms with Gasteiger partial charge in [0.25, 0.3) is 11.8 Å². The molecule has 2 saturated heterocycles. The Kier molecular flexibility index (Phi) is 5.37. The molecule has 1 atom stereocenters. The molecule has 2 aromatic rings. The molecule has 1 aromatic carbocycles. The van der Waals surface area contributed by atoms with Gasteiger partial charge in [0, 0.05) is 48.7 Å². The number of hydrogen-bond acceptors (Lipinski definition) is 4. The van der Waals surface area contributed by atoms with E-state index in [1.807, 2.05) is 29.2 Å². The summed E-state index contributed by atoms with van der Waals surface area (Å²) < 4.78 is 5.32. The summed E-state index contributed by atoms with van der Waals surface area (Å²) in [4.78, 5) is 34.8. The Morgan fingerprint density at radius 1 is 1.07 bits per heavy atom. The quantitative estimate of drug-likeness (QED) is 0.876. The Balaban J connectivity index is 1.52. The average molecular weight is 384 g/mol. The van der Waals surface area contributed by atoms with Crippen molar-refractivity contribution in [2.75, 3.05) is 53.5 Å². The SMILES string of the molecule is CN(C)C1CCCN(C(=O)c2ccc3[nH]c(C(=O)N4CCOCC4)cc3c2)C1. The molecule has 7 nitrogen and oxygen atoms in total. The summed E-state index contributed by atoms with van der Waals surface area (Å²) >= 11 is 0. The number of nitrogens with zero attached hydrogens (tertiary/aromatic N) is 3. The molecule has 0 bridgehead atoms. The number of ether oxygens (including phenoxy) is 1. The number of morpholine rings is 1. The van der Waals surface area contributed by atoms with Crippen molar-refractivity contribution in [1.82, 2.24) is 19.7 Å². The molecular weight excluding hydrogens is 356 g/mol. The van der Waals surface area contributed by atoms with Crippen molar-refractivity contribution in [3.05, 3.63) is 35.5 Å².